The van der Waals surface area contributed by atoms with Crippen LogP contribution < -0.4 is 0 Å². The van der Waals surface area contributed by atoms with Crippen LogP contribution in [0.5, 0.6) is 0 Å². The molecule has 0 aromatic rings. The van der Waals surface area contributed by atoms with Crippen LogP contribution in [0.3, 0.4) is 0 Å². The van der Waals surface area contributed by atoms with Crippen LogP contribution in [0.25, 0.3) is 0 Å². The lowest BCUT2D eigenvalue weighted by Gasteiger charge is -2.34. The second-order valence-corrected chi connectivity index (χ2v) is 5.96. The molecule has 0 aromatic heterocycles. The van der Waals surface area contributed by atoms with E-state index in [9.17, 15) is 4.79 Å². The third kappa shape index (κ3) is 2.86. The lowest BCUT2D eigenvalue weighted by atomic mass is 9.90. The molecule has 0 aromatic carbocycles. The molecule has 4 nitrogen and oxygen atoms in total. The average Bonchev–Trinajstić information content (AvgIpc) is 2.65. The van der Waals surface area contributed by atoms with Crippen molar-refractivity contribution in [3.05, 3.63) is 0 Å². The monoisotopic (exact) mass is 256 g/mol. The van der Waals surface area contributed by atoms with Crippen LogP contribution in [-0.2, 0) is 14.3 Å². The molecule has 2 fully saturated rings. The number of ether oxygens (including phenoxy) is 2. The maximum absolute atomic E-state index is 11.1. The zero-order valence-electron chi connectivity index (χ0n) is 11.4. The zero-order valence-corrected chi connectivity index (χ0v) is 11.4. The third-order valence-electron chi connectivity index (χ3n) is 4.21. The number of hydrogen-bond donors (Lipinski definition) is 1. The Morgan fingerprint density at radius 1 is 1.33 bits per heavy atom. The fourth-order valence-electron chi connectivity index (χ4n) is 3.16. The van der Waals surface area contributed by atoms with E-state index in [1.807, 2.05) is 13.8 Å². The molecule has 1 saturated carbocycles. The summed E-state index contributed by atoms with van der Waals surface area (Å²) < 4.78 is 12.1. The molecule has 1 spiro atoms. The minimum absolute atomic E-state index is 0.336. The van der Waals surface area contributed by atoms with Gasteiger partial charge in [-0.1, -0.05) is 13.3 Å². The Morgan fingerprint density at radius 2 is 2.00 bits per heavy atom. The largest absolute Gasteiger partial charge is 0.481 e. The molecule has 104 valence electrons. The van der Waals surface area contributed by atoms with E-state index in [0.717, 1.165) is 25.7 Å². The summed E-state index contributed by atoms with van der Waals surface area (Å²) in [5.74, 6) is -1.48. The molecule has 1 unspecified atom stereocenters. The van der Waals surface area contributed by atoms with E-state index in [-0.39, 0.29) is 5.92 Å². The average molecular weight is 256 g/mol. The Morgan fingerprint density at radius 3 is 2.56 bits per heavy atom. The summed E-state index contributed by atoms with van der Waals surface area (Å²) in [6, 6.07) is 0. The second-order valence-electron chi connectivity index (χ2n) is 5.96. The van der Waals surface area contributed by atoms with Crippen molar-refractivity contribution >= 4 is 5.97 Å². The van der Waals surface area contributed by atoms with E-state index in [0.29, 0.717) is 19.4 Å². The fraction of sp³-hybridized carbons (Fsp3) is 0.929. The van der Waals surface area contributed by atoms with Gasteiger partial charge in [0.1, 0.15) is 0 Å². The molecular formula is C14H24O4. The van der Waals surface area contributed by atoms with Crippen LogP contribution in [0.1, 0.15) is 58.8 Å². The summed E-state index contributed by atoms with van der Waals surface area (Å²) in [4.78, 5) is 11.1. The molecule has 1 heterocycles. The van der Waals surface area contributed by atoms with Gasteiger partial charge in [-0.2, -0.15) is 0 Å². The Labute approximate surface area is 109 Å². The van der Waals surface area contributed by atoms with E-state index in [2.05, 4.69) is 0 Å². The van der Waals surface area contributed by atoms with Crippen LogP contribution in [0.15, 0.2) is 0 Å². The molecule has 1 aliphatic carbocycles. The van der Waals surface area contributed by atoms with Gasteiger partial charge in [0, 0.05) is 12.8 Å². The van der Waals surface area contributed by atoms with Crippen LogP contribution in [-0.4, -0.2) is 29.1 Å². The summed E-state index contributed by atoms with van der Waals surface area (Å²) in [7, 11) is 0. The molecule has 0 radical (unpaired) electrons. The van der Waals surface area contributed by atoms with E-state index >= 15 is 0 Å². The van der Waals surface area contributed by atoms with Gasteiger partial charge >= 0.3 is 5.97 Å². The van der Waals surface area contributed by atoms with Crippen molar-refractivity contribution in [2.75, 3.05) is 6.61 Å². The SMILES string of the molecule is CCC(C[C@@]1(C)COC2(CCCCC2)O1)C(=O)O. The zero-order chi connectivity index (χ0) is 13.2. The Bertz CT molecular complexity index is 309. The number of aliphatic carboxylic acids is 1. The van der Waals surface area contributed by atoms with Crippen LogP contribution in [0, 0.1) is 5.92 Å². The third-order valence-corrected chi connectivity index (χ3v) is 4.21. The van der Waals surface area contributed by atoms with Gasteiger partial charge in [0.2, 0.25) is 0 Å². The summed E-state index contributed by atoms with van der Waals surface area (Å²) in [5, 5.41) is 9.15. The van der Waals surface area contributed by atoms with Gasteiger partial charge in [0.25, 0.3) is 0 Å². The van der Waals surface area contributed by atoms with Crippen molar-refractivity contribution in [2.45, 2.75) is 70.2 Å². The van der Waals surface area contributed by atoms with Crippen molar-refractivity contribution in [1.29, 1.82) is 0 Å². The topological polar surface area (TPSA) is 55.8 Å². The predicted molar refractivity (Wildman–Crippen MR) is 67.3 cm³/mol. The minimum Gasteiger partial charge on any atom is -0.481 e. The molecule has 0 bridgehead atoms. The highest BCUT2D eigenvalue weighted by Gasteiger charge is 2.49. The number of carbonyl (C=O) groups is 1. The van der Waals surface area contributed by atoms with Gasteiger partial charge in [0.05, 0.1) is 18.1 Å². The molecule has 1 aliphatic heterocycles. The molecule has 4 heteroatoms. The summed E-state index contributed by atoms with van der Waals surface area (Å²) in [5.41, 5.74) is -0.434. The van der Waals surface area contributed by atoms with E-state index in [1.54, 1.807) is 0 Å². The molecule has 1 N–H and O–H groups in total. The Balaban J connectivity index is 1.98. The fourth-order valence-corrected chi connectivity index (χ4v) is 3.16. The van der Waals surface area contributed by atoms with Gasteiger partial charge in [-0.05, 0) is 32.6 Å². The minimum atomic E-state index is -0.730. The van der Waals surface area contributed by atoms with E-state index < -0.39 is 17.4 Å². The molecule has 2 rings (SSSR count). The lowest BCUT2D eigenvalue weighted by molar-refractivity contribution is -0.205. The van der Waals surface area contributed by atoms with Crippen molar-refractivity contribution in [1.82, 2.24) is 0 Å². The Hall–Kier alpha value is -0.610. The maximum Gasteiger partial charge on any atom is 0.306 e. The quantitative estimate of drug-likeness (QED) is 0.840. The van der Waals surface area contributed by atoms with Crippen LogP contribution >= 0.6 is 0 Å². The van der Waals surface area contributed by atoms with Gasteiger partial charge in [0.15, 0.2) is 5.79 Å². The Kier molecular flexibility index (Phi) is 3.97. The first-order chi connectivity index (χ1) is 8.49. The number of rotatable bonds is 4. The molecule has 18 heavy (non-hydrogen) atoms. The van der Waals surface area contributed by atoms with Crippen molar-refractivity contribution < 1.29 is 19.4 Å². The first kappa shape index (κ1) is 13.8. The van der Waals surface area contributed by atoms with E-state index in [4.69, 9.17) is 14.6 Å². The standard InChI is InChI=1S/C14H24O4/c1-3-11(12(15)16)9-13(2)10-17-14(18-13)7-5-4-6-8-14/h11H,3-10H2,1-2H3,(H,15,16)/t11?,13-/m0/s1. The highest BCUT2D eigenvalue weighted by Crippen LogP contribution is 2.43. The van der Waals surface area contributed by atoms with Crippen molar-refractivity contribution in [3.8, 4) is 0 Å². The molecule has 2 atom stereocenters. The van der Waals surface area contributed by atoms with Crippen molar-refractivity contribution in [3.63, 3.8) is 0 Å². The predicted octanol–water partition coefficient (Wildman–Crippen LogP) is 2.95. The molecule has 2 aliphatic rings. The van der Waals surface area contributed by atoms with Gasteiger partial charge in [-0.25, -0.2) is 0 Å². The first-order valence-corrected chi connectivity index (χ1v) is 7.06. The molecule has 0 amide bonds. The number of hydrogen-bond acceptors (Lipinski definition) is 3. The second kappa shape index (κ2) is 5.17. The van der Waals surface area contributed by atoms with E-state index in [1.165, 1.54) is 6.42 Å². The summed E-state index contributed by atoms with van der Waals surface area (Å²) in [6.45, 7) is 4.42. The van der Waals surface area contributed by atoms with Gasteiger partial charge in [-0.15, -0.1) is 0 Å². The highest BCUT2D eigenvalue weighted by atomic mass is 16.8. The molecule has 1 saturated heterocycles. The normalized spacial score (nSPS) is 32.6. The van der Waals surface area contributed by atoms with Gasteiger partial charge < -0.3 is 14.6 Å². The smallest absolute Gasteiger partial charge is 0.306 e. The number of carboxylic acid groups (broad SMARTS) is 1. The maximum atomic E-state index is 11.1. The summed E-state index contributed by atoms with van der Waals surface area (Å²) in [6.07, 6.45) is 6.62. The highest BCUT2D eigenvalue weighted by molar-refractivity contribution is 5.70. The lowest BCUT2D eigenvalue weighted by Crippen LogP contribution is -2.38. The number of carboxylic acids is 1. The van der Waals surface area contributed by atoms with Crippen LogP contribution in [0.4, 0.5) is 0 Å². The van der Waals surface area contributed by atoms with Crippen LogP contribution in [0.2, 0.25) is 0 Å². The van der Waals surface area contributed by atoms with Crippen molar-refractivity contribution in [2.24, 2.45) is 5.92 Å². The van der Waals surface area contributed by atoms with Gasteiger partial charge in [-0.3, -0.25) is 4.79 Å². The first-order valence-electron chi connectivity index (χ1n) is 7.06. The molecular weight excluding hydrogens is 232 g/mol. The summed E-state index contributed by atoms with van der Waals surface area (Å²) >= 11 is 0.